The van der Waals surface area contributed by atoms with Crippen LogP contribution in [0.1, 0.15) is 54.9 Å². The van der Waals surface area contributed by atoms with E-state index >= 15 is 0 Å². The number of amides is 1. The maximum absolute atomic E-state index is 13.7. The number of rotatable bonds is 5. The highest BCUT2D eigenvalue weighted by Gasteiger charge is 2.71. The molecule has 1 aromatic carbocycles. The van der Waals surface area contributed by atoms with E-state index in [1.807, 2.05) is 0 Å². The first kappa shape index (κ1) is 25.4. The molecule has 4 rings (SSSR count). The molecule has 7 atom stereocenters. The third kappa shape index (κ3) is 3.57. The molecule has 11 nitrogen and oxygen atoms in total. The zero-order chi connectivity index (χ0) is 26.7. The Labute approximate surface area is 205 Å². The lowest BCUT2D eigenvalue weighted by atomic mass is 9.50. The van der Waals surface area contributed by atoms with Crippen molar-refractivity contribution in [2.75, 3.05) is 0 Å². The zero-order valence-corrected chi connectivity index (χ0v) is 19.6. The van der Waals surface area contributed by atoms with E-state index in [1.165, 1.54) is 19.1 Å². The number of carbonyl (C=O) groups is 7. The normalized spacial score (nSPS) is 33.3. The highest BCUT2D eigenvalue weighted by atomic mass is 16.5. The summed E-state index contributed by atoms with van der Waals surface area (Å²) < 4.78 is 5.61. The van der Waals surface area contributed by atoms with Crippen LogP contribution in [0.15, 0.2) is 18.2 Å². The van der Waals surface area contributed by atoms with Crippen LogP contribution in [-0.4, -0.2) is 62.7 Å². The molecule has 0 radical (unpaired) electrons. The van der Waals surface area contributed by atoms with Gasteiger partial charge in [0.15, 0.2) is 34.7 Å². The lowest BCUT2D eigenvalue weighted by Gasteiger charge is -2.53. The van der Waals surface area contributed by atoms with Gasteiger partial charge in [-0.1, -0.05) is 19.1 Å². The summed E-state index contributed by atoms with van der Waals surface area (Å²) in [4.78, 5) is 89.0. The molecule has 2 fully saturated rings. The molecule has 0 aromatic heterocycles. The smallest absolute Gasteiger partial charge is 0.306 e. The fourth-order valence-corrected chi connectivity index (χ4v) is 5.93. The van der Waals surface area contributed by atoms with Crippen LogP contribution in [0.5, 0.6) is 5.75 Å². The predicted octanol–water partition coefficient (Wildman–Crippen LogP) is -0.221. The van der Waals surface area contributed by atoms with Crippen LogP contribution in [-0.2, 0) is 33.5 Å². The van der Waals surface area contributed by atoms with Crippen LogP contribution >= 0.6 is 0 Å². The number of esters is 1. The third-order valence-corrected chi connectivity index (χ3v) is 7.64. The van der Waals surface area contributed by atoms with Gasteiger partial charge in [0.1, 0.15) is 17.6 Å². The van der Waals surface area contributed by atoms with E-state index < -0.39 is 88.5 Å². The van der Waals surface area contributed by atoms with Gasteiger partial charge in [-0.3, -0.25) is 28.8 Å². The number of hydrogen-bond donors (Lipinski definition) is 3. The molecular formula is C25H25NO10. The molecule has 1 aromatic rings. The molecule has 4 N–H and O–H groups in total. The van der Waals surface area contributed by atoms with Crippen LogP contribution in [0.4, 0.5) is 0 Å². The van der Waals surface area contributed by atoms with Crippen molar-refractivity contribution in [2.24, 2.45) is 29.4 Å². The van der Waals surface area contributed by atoms with Gasteiger partial charge in [-0.2, -0.15) is 0 Å². The Morgan fingerprint density at radius 1 is 1.11 bits per heavy atom. The zero-order valence-electron chi connectivity index (χ0n) is 19.6. The molecule has 36 heavy (non-hydrogen) atoms. The Morgan fingerprint density at radius 2 is 1.78 bits per heavy atom. The molecule has 2 unspecified atom stereocenters. The Morgan fingerprint density at radius 3 is 2.39 bits per heavy atom. The molecule has 0 bridgehead atoms. The third-order valence-electron chi connectivity index (χ3n) is 7.64. The quantitative estimate of drug-likeness (QED) is 0.360. The highest BCUT2D eigenvalue weighted by molar-refractivity contribution is 6.31. The van der Waals surface area contributed by atoms with Crippen molar-refractivity contribution in [2.45, 2.75) is 50.7 Å². The second-order valence-electron chi connectivity index (χ2n) is 9.71. The molecule has 0 saturated heterocycles. The number of hydrogen-bond acceptors (Lipinski definition) is 10. The molecule has 0 heterocycles. The van der Waals surface area contributed by atoms with E-state index in [0.29, 0.717) is 5.56 Å². The fraction of sp³-hybridized carbons (Fsp3) is 0.480. The van der Waals surface area contributed by atoms with E-state index in [-0.39, 0.29) is 24.2 Å². The van der Waals surface area contributed by atoms with E-state index in [0.717, 1.165) is 0 Å². The van der Waals surface area contributed by atoms with Gasteiger partial charge in [-0.05, 0) is 24.5 Å². The molecule has 0 aliphatic heterocycles. The van der Waals surface area contributed by atoms with Crippen molar-refractivity contribution in [3.8, 4) is 5.75 Å². The molecule has 190 valence electrons. The maximum atomic E-state index is 13.7. The summed E-state index contributed by atoms with van der Waals surface area (Å²) in [5.74, 6) is -14.6. The SMILES string of the molecule is CC(=O)CCC(=O)O[C@H]1[C@H]2C(C(=O)c3c(O)cccc3[C@@H]2C)C(=O)[C@]2(O)C(=O)C(C(N)=O)C(=O)C[C@H]12. The second-order valence-corrected chi connectivity index (χ2v) is 9.71. The summed E-state index contributed by atoms with van der Waals surface area (Å²) in [6.45, 7) is 2.91. The molecule has 2 saturated carbocycles. The van der Waals surface area contributed by atoms with Gasteiger partial charge < -0.3 is 25.5 Å². The van der Waals surface area contributed by atoms with Gasteiger partial charge in [0.2, 0.25) is 5.91 Å². The largest absolute Gasteiger partial charge is 0.507 e. The van der Waals surface area contributed by atoms with E-state index in [1.54, 1.807) is 13.0 Å². The number of phenols is 1. The van der Waals surface area contributed by atoms with Crippen LogP contribution in [0.25, 0.3) is 0 Å². The average Bonchev–Trinajstić information content (AvgIpc) is 2.79. The summed E-state index contributed by atoms with van der Waals surface area (Å²) in [5.41, 5.74) is 2.41. The maximum Gasteiger partial charge on any atom is 0.306 e. The van der Waals surface area contributed by atoms with Gasteiger partial charge in [-0.15, -0.1) is 0 Å². The van der Waals surface area contributed by atoms with Crippen LogP contribution in [0.2, 0.25) is 0 Å². The number of Topliss-reactive ketones (excluding diaryl/α,β-unsaturated/α-hetero) is 5. The first-order valence-electron chi connectivity index (χ1n) is 11.5. The number of phenolic OH excluding ortho intramolecular Hbond substituents is 1. The van der Waals surface area contributed by atoms with Gasteiger partial charge in [0.05, 0.1) is 17.9 Å². The Hall–Kier alpha value is -3.73. The fourth-order valence-electron chi connectivity index (χ4n) is 5.93. The van der Waals surface area contributed by atoms with Gasteiger partial charge >= 0.3 is 5.97 Å². The molecule has 3 aliphatic rings. The van der Waals surface area contributed by atoms with Gasteiger partial charge in [0.25, 0.3) is 0 Å². The van der Waals surface area contributed by atoms with Crippen molar-refractivity contribution in [1.29, 1.82) is 0 Å². The van der Waals surface area contributed by atoms with E-state index in [2.05, 4.69) is 0 Å². The highest BCUT2D eigenvalue weighted by Crippen LogP contribution is 2.54. The summed E-state index contributed by atoms with van der Waals surface area (Å²) in [7, 11) is 0. The topological polar surface area (TPSA) is 195 Å². The van der Waals surface area contributed by atoms with Gasteiger partial charge in [0, 0.05) is 24.7 Å². The summed E-state index contributed by atoms with van der Waals surface area (Å²) in [5, 5.41) is 21.9. The summed E-state index contributed by atoms with van der Waals surface area (Å²) >= 11 is 0. The Balaban J connectivity index is 1.88. The van der Waals surface area contributed by atoms with Gasteiger partial charge in [-0.25, -0.2) is 0 Å². The van der Waals surface area contributed by atoms with E-state index in [9.17, 15) is 43.8 Å². The average molecular weight is 499 g/mol. The molecule has 3 aliphatic carbocycles. The van der Waals surface area contributed by atoms with Crippen molar-refractivity contribution in [3.05, 3.63) is 29.3 Å². The summed E-state index contributed by atoms with van der Waals surface area (Å²) in [6.07, 6.45) is -2.63. The lowest BCUT2D eigenvalue weighted by Crippen LogP contribution is -2.73. The minimum atomic E-state index is -3.00. The number of fused-ring (bicyclic) bond motifs is 3. The number of aromatic hydroxyl groups is 1. The molecule has 1 amide bonds. The summed E-state index contributed by atoms with van der Waals surface area (Å²) in [6, 6.07) is 4.31. The number of benzene rings is 1. The first-order valence-corrected chi connectivity index (χ1v) is 11.5. The second kappa shape index (κ2) is 8.74. The monoisotopic (exact) mass is 499 g/mol. The molecule has 0 spiro atoms. The number of primary amides is 1. The van der Waals surface area contributed by atoms with Crippen molar-refractivity contribution in [1.82, 2.24) is 0 Å². The number of ketones is 5. The van der Waals surface area contributed by atoms with Crippen LogP contribution in [0.3, 0.4) is 0 Å². The predicted molar refractivity (Wildman–Crippen MR) is 118 cm³/mol. The van der Waals surface area contributed by atoms with E-state index in [4.69, 9.17) is 10.5 Å². The van der Waals surface area contributed by atoms with Crippen molar-refractivity contribution in [3.63, 3.8) is 0 Å². The number of aliphatic hydroxyl groups is 1. The standard InChI is InChI=1S/C25H25NO10/c1-9(27)6-7-15(30)36-21-12-8-14(29)18(24(26)34)22(32)25(12,35)23(33)19-16(21)10(2)11-4-3-5-13(28)17(11)20(19)31/h3-5,10,12,16,18-19,21,28,35H,6-8H2,1-2H3,(H2,26,34)/t10-,12+,16+,18?,19?,21+,25+/m0/s1. The minimum absolute atomic E-state index is 0.152. The molecule has 11 heteroatoms. The van der Waals surface area contributed by atoms with Crippen molar-refractivity contribution < 1.29 is 48.5 Å². The molecular weight excluding hydrogens is 474 g/mol. The Kier molecular flexibility index (Phi) is 6.16. The van der Waals surface area contributed by atoms with Crippen LogP contribution < -0.4 is 5.73 Å². The number of nitrogens with two attached hydrogens (primary N) is 1. The number of carbonyl (C=O) groups excluding carboxylic acids is 7. The van der Waals surface area contributed by atoms with Crippen molar-refractivity contribution >= 4 is 40.8 Å². The minimum Gasteiger partial charge on any atom is -0.507 e. The Bertz CT molecular complexity index is 1240. The lowest BCUT2D eigenvalue weighted by molar-refractivity contribution is -0.198. The number of ether oxygens (including phenoxy) is 1. The van der Waals surface area contributed by atoms with Crippen LogP contribution in [0, 0.1) is 23.7 Å². The first-order chi connectivity index (χ1) is 16.8.